The maximum Gasteiger partial charge on any atom is 0.494 e. The van der Waals surface area contributed by atoms with Gasteiger partial charge in [-0.15, -0.1) is 0 Å². The fourth-order valence-corrected chi connectivity index (χ4v) is 2.73. The Hall–Kier alpha value is -1.37. The highest BCUT2D eigenvalue weighted by atomic mass is 16.7. The first-order chi connectivity index (χ1) is 10.7. The van der Waals surface area contributed by atoms with E-state index in [9.17, 15) is 4.79 Å². The predicted octanol–water partition coefficient (Wildman–Crippen LogP) is 1.46. The monoisotopic (exact) mass is 317 g/mol. The maximum absolute atomic E-state index is 12.5. The number of benzene rings is 1. The fraction of sp³-hybridized carbons (Fsp3) is 0.588. The molecule has 2 heterocycles. The van der Waals surface area contributed by atoms with Crippen LogP contribution in [0.4, 0.5) is 0 Å². The van der Waals surface area contributed by atoms with E-state index in [1.807, 2.05) is 52.0 Å². The third kappa shape index (κ3) is 2.91. The molecule has 124 valence electrons. The molecule has 23 heavy (non-hydrogen) atoms. The van der Waals surface area contributed by atoms with Crippen molar-refractivity contribution in [2.24, 2.45) is 0 Å². The average Bonchev–Trinajstić information content (AvgIpc) is 2.66. The third-order valence-electron chi connectivity index (χ3n) is 5.13. The molecule has 0 N–H and O–H groups in total. The van der Waals surface area contributed by atoms with Gasteiger partial charge in [0.15, 0.2) is 0 Å². The number of likely N-dealkylation sites (tertiary alicyclic amines) is 1. The molecular formula is C17H24BNO4. The topological polar surface area (TPSA) is 48.0 Å². The van der Waals surface area contributed by atoms with E-state index in [1.54, 1.807) is 12.0 Å². The second kappa shape index (κ2) is 5.62. The van der Waals surface area contributed by atoms with E-state index in [0.717, 1.165) is 5.46 Å². The molecular weight excluding hydrogens is 293 g/mol. The Labute approximate surface area is 138 Å². The predicted molar refractivity (Wildman–Crippen MR) is 88.9 cm³/mol. The van der Waals surface area contributed by atoms with Gasteiger partial charge in [0.05, 0.1) is 17.3 Å². The fourth-order valence-electron chi connectivity index (χ4n) is 2.73. The number of hydrogen-bond donors (Lipinski definition) is 0. The molecule has 2 aliphatic rings. The van der Waals surface area contributed by atoms with Crippen molar-refractivity contribution in [3.05, 3.63) is 29.8 Å². The van der Waals surface area contributed by atoms with Gasteiger partial charge in [0.2, 0.25) is 0 Å². The lowest BCUT2D eigenvalue weighted by Crippen LogP contribution is -2.54. The summed E-state index contributed by atoms with van der Waals surface area (Å²) in [6, 6.07) is 7.51. The van der Waals surface area contributed by atoms with Gasteiger partial charge in [0.25, 0.3) is 5.91 Å². The summed E-state index contributed by atoms with van der Waals surface area (Å²) in [4.78, 5) is 14.3. The zero-order chi connectivity index (χ0) is 16.8. The quantitative estimate of drug-likeness (QED) is 0.792. The van der Waals surface area contributed by atoms with E-state index < -0.39 is 7.12 Å². The first-order valence-corrected chi connectivity index (χ1v) is 8.01. The molecule has 2 aliphatic heterocycles. The Balaban J connectivity index is 1.75. The molecule has 0 aliphatic carbocycles. The Bertz CT molecular complexity index is 594. The van der Waals surface area contributed by atoms with Gasteiger partial charge >= 0.3 is 7.12 Å². The molecule has 2 saturated heterocycles. The van der Waals surface area contributed by atoms with Gasteiger partial charge in [-0.1, -0.05) is 12.1 Å². The summed E-state index contributed by atoms with van der Waals surface area (Å²) in [7, 11) is 1.22. The van der Waals surface area contributed by atoms with Gasteiger partial charge in [-0.3, -0.25) is 4.79 Å². The maximum atomic E-state index is 12.5. The second-order valence-electron chi connectivity index (χ2n) is 7.28. The summed E-state index contributed by atoms with van der Waals surface area (Å²) < 4.78 is 17.3. The zero-order valence-electron chi connectivity index (χ0n) is 14.5. The van der Waals surface area contributed by atoms with Crippen molar-refractivity contribution >= 4 is 18.5 Å². The van der Waals surface area contributed by atoms with Crippen molar-refractivity contribution < 1.29 is 18.8 Å². The summed E-state index contributed by atoms with van der Waals surface area (Å²) in [5.41, 5.74) is 0.756. The molecule has 1 aromatic carbocycles. The molecule has 0 spiro atoms. The SMILES string of the molecule is COC1CN(C(=O)c2cccc(B3OC(C)(C)C(C)(C)O3)c2)C1. The van der Waals surface area contributed by atoms with Crippen LogP contribution >= 0.6 is 0 Å². The van der Waals surface area contributed by atoms with Gasteiger partial charge in [-0.2, -0.15) is 0 Å². The number of methoxy groups -OCH3 is 1. The molecule has 0 atom stereocenters. The average molecular weight is 317 g/mol. The molecule has 0 radical (unpaired) electrons. The highest BCUT2D eigenvalue weighted by Crippen LogP contribution is 2.36. The lowest BCUT2D eigenvalue weighted by atomic mass is 9.78. The van der Waals surface area contributed by atoms with Crippen molar-refractivity contribution in [3.63, 3.8) is 0 Å². The smallest absolute Gasteiger partial charge is 0.399 e. The molecule has 2 fully saturated rings. The van der Waals surface area contributed by atoms with Crippen molar-refractivity contribution in [1.29, 1.82) is 0 Å². The van der Waals surface area contributed by atoms with Crippen molar-refractivity contribution in [2.45, 2.75) is 45.0 Å². The Morgan fingerprint density at radius 2 is 1.83 bits per heavy atom. The second-order valence-corrected chi connectivity index (χ2v) is 7.28. The molecule has 1 amide bonds. The molecule has 3 rings (SSSR count). The van der Waals surface area contributed by atoms with Crippen LogP contribution in [0.3, 0.4) is 0 Å². The van der Waals surface area contributed by atoms with E-state index in [-0.39, 0.29) is 23.2 Å². The normalized spacial score (nSPS) is 23.0. The Morgan fingerprint density at radius 1 is 1.22 bits per heavy atom. The first-order valence-electron chi connectivity index (χ1n) is 8.01. The highest BCUT2D eigenvalue weighted by molar-refractivity contribution is 6.62. The highest BCUT2D eigenvalue weighted by Gasteiger charge is 2.51. The van der Waals surface area contributed by atoms with Gasteiger partial charge in [-0.25, -0.2) is 0 Å². The van der Waals surface area contributed by atoms with Crippen molar-refractivity contribution in [1.82, 2.24) is 4.90 Å². The summed E-state index contributed by atoms with van der Waals surface area (Å²) in [5, 5.41) is 0. The van der Waals surface area contributed by atoms with Crippen LogP contribution in [-0.2, 0) is 14.0 Å². The van der Waals surface area contributed by atoms with E-state index in [0.29, 0.717) is 18.7 Å². The van der Waals surface area contributed by atoms with Crippen LogP contribution in [0.15, 0.2) is 24.3 Å². The molecule has 1 aromatic rings. The van der Waals surface area contributed by atoms with E-state index in [1.165, 1.54) is 0 Å². The minimum Gasteiger partial charge on any atom is -0.399 e. The lowest BCUT2D eigenvalue weighted by Gasteiger charge is -2.38. The van der Waals surface area contributed by atoms with Crippen molar-refractivity contribution in [3.8, 4) is 0 Å². The number of nitrogens with zero attached hydrogens (tertiary/aromatic N) is 1. The van der Waals surface area contributed by atoms with Crippen LogP contribution in [0.1, 0.15) is 38.1 Å². The minimum atomic E-state index is -0.448. The molecule has 6 heteroatoms. The van der Waals surface area contributed by atoms with E-state index in [2.05, 4.69) is 0 Å². The number of amides is 1. The number of carbonyl (C=O) groups excluding carboxylic acids is 1. The van der Waals surface area contributed by atoms with E-state index >= 15 is 0 Å². The first kappa shape index (κ1) is 16.5. The summed E-state index contributed by atoms with van der Waals surface area (Å²) in [6.45, 7) is 9.38. The van der Waals surface area contributed by atoms with Gasteiger partial charge in [0, 0.05) is 25.8 Å². The standard InChI is InChI=1S/C17H24BNO4/c1-16(2)17(3,4)23-18(22-16)13-8-6-7-12(9-13)15(20)19-10-14(11-19)21-5/h6-9,14H,10-11H2,1-5H3. The molecule has 0 unspecified atom stereocenters. The van der Waals surface area contributed by atoms with Gasteiger partial charge < -0.3 is 18.9 Å². The molecule has 5 nitrogen and oxygen atoms in total. The van der Waals surface area contributed by atoms with Crippen LogP contribution in [0.25, 0.3) is 0 Å². The summed E-state index contributed by atoms with van der Waals surface area (Å²) >= 11 is 0. The minimum absolute atomic E-state index is 0.0247. The number of hydrogen-bond acceptors (Lipinski definition) is 4. The van der Waals surface area contributed by atoms with Crippen LogP contribution in [0.2, 0.25) is 0 Å². The number of rotatable bonds is 3. The van der Waals surface area contributed by atoms with Crippen LogP contribution in [-0.4, -0.2) is 55.4 Å². The van der Waals surface area contributed by atoms with Gasteiger partial charge in [-0.05, 0) is 45.3 Å². The Kier molecular flexibility index (Phi) is 4.03. The molecule has 0 aromatic heterocycles. The molecule has 0 saturated carbocycles. The van der Waals surface area contributed by atoms with Crippen LogP contribution in [0.5, 0.6) is 0 Å². The lowest BCUT2D eigenvalue weighted by molar-refractivity contribution is -0.0191. The van der Waals surface area contributed by atoms with Gasteiger partial charge in [0.1, 0.15) is 0 Å². The third-order valence-corrected chi connectivity index (χ3v) is 5.13. The summed E-state index contributed by atoms with van der Waals surface area (Å²) in [6.07, 6.45) is 0.158. The Morgan fingerprint density at radius 3 is 2.39 bits per heavy atom. The summed E-state index contributed by atoms with van der Waals surface area (Å²) in [5.74, 6) is 0.0247. The van der Waals surface area contributed by atoms with Crippen LogP contribution < -0.4 is 5.46 Å². The zero-order valence-corrected chi connectivity index (χ0v) is 14.5. The molecule has 0 bridgehead atoms. The largest absolute Gasteiger partial charge is 0.494 e. The van der Waals surface area contributed by atoms with Crippen molar-refractivity contribution in [2.75, 3.05) is 20.2 Å². The number of carbonyl (C=O) groups is 1. The number of ether oxygens (including phenoxy) is 1. The van der Waals surface area contributed by atoms with E-state index in [4.69, 9.17) is 14.0 Å². The van der Waals surface area contributed by atoms with Crippen LogP contribution in [0, 0.1) is 0 Å².